The molecule has 150 valence electrons. The van der Waals surface area contributed by atoms with Crippen molar-refractivity contribution in [3.8, 4) is 5.75 Å². The van der Waals surface area contributed by atoms with E-state index in [1.807, 2.05) is 18.2 Å². The zero-order chi connectivity index (χ0) is 20.4. The van der Waals surface area contributed by atoms with Crippen LogP contribution >= 0.6 is 11.6 Å². The quantitative estimate of drug-likeness (QED) is 0.423. The zero-order valence-corrected chi connectivity index (χ0v) is 16.3. The first-order valence-corrected chi connectivity index (χ1v) is 9.67. The Balaban J connectivity index is 1.79. The molecule has 1 aromatic carbocycles. The summed E-state index contributed by atoms with van der Waals surface area (Å²) in [6.07, 6.45) is 10.7. The van der Waals surface area contributed by atoms with Gasteiger partial charge in [0.25, 0.3) is 0 Å². The number of allylic oxidation sites excluding steroid dienone is 5. The monoisotopic (exact) mass is 404 g/mol. The molecule has 5 nitrogen and oxygen atoms in total. The smallest absolute Gasteiger partial charge is 0.303 e. The van der Waals surface area contributed by atoms with Crippen molar-refractivity contribution in [2.24, 2.45) is 5.92 Å². The van der Waals surface area contributed by atoms with Crippen LogP contribution in [0.1, 0.15) is 32.1 Å². The Labute approximate surface area is 170 Å². The van der Waals surface area contributed by atoms with E-state index in [0.29, 0.717) is 36.5 Å². The van der Waals surface area contributed by atoms with Crippen LogP contribution in [0.5, 0.6) is 5.75 Å². The normalized spacial score (nSPS) is 18.0. The van der Waals surface area contributed by atoms with Gasteiger partial charge in [-0.3, -0.25) is 9.59 Å². The molecule has 0 saturated carbocycles. The number of rotatable bonds is 11. The van der Waals surface area contributed by atoms with Crippen LogP contribution in [0.2, 0.25) is 5.02 Å². The lowest BCUT2D eigenvalue weighted by atomic mass is 9.95. The van der Waals surface area contributed by atoms with Gasteiger partial charge in [0.15, 0.2) is 0 Å². The molecular weight excluding hydrogens is 380 g/mol. The first-order valence-electron chi connectivity index (χ1n) is 9.30. The van der Waals surface area contributed by atoms with Crippen molar-refractivity contribution >= 4 is 23.4 Å². The SMILES string of the molecule is O=C(O)CCCC=CC[C@H]1C(=O)CC=C1C=CC(O)COc1cccc(Cl)c1. The van der Waals surface area contributed by atoms with E-state index in [2.05, 4.69) is 0 Å². The predicted octanol–water partition coefficient (Wildman–Crippen LogP) is 4.35. The number of carboxylic acid groups (broad SMARTS) is 1. The van der Waals surface area contributed by atoms with E-state index in [9.17, 15) is 14.7 Å². The van der Waals surface area contributed by atoms with Crippen LogP contribution in [0.25, 0.3) is 0 Å². The highest BCUT2D eigenvalue weighted by Crippen LogP contribution is 2.27. The molecule has 2 rings (SSSR count). The second kappa shape index (κ2) is 11.5. The minimum atomic E-state index is -0.803. The molecule has 28 heavy (non-hydrogen) atoms. The number of ketones is 1. The summed E-state index contributed by atoms with van der Waals surface area (Å²) in [5.74, 6) is -0.277. The summed E-state index contributed by atoms with van der Waals surface area (Å²) in [5.41, 5.74) is 0.891. The molecule has 0 spiro atoms. The van der Waals surface area contributed by atoms with Crippen molar-refractivity contribution in [3.63, 3.8) is 0 Å². The second-order valence-corrected chi connectivity index (χ2v) is 7.05. The average Bonchev–Trinajstić information content (AvgIpc) is 3.01. The summed E-state index contributed by atoms with van der Waals surface area (Å²) in [6.45, 7) is 0.0895. The topological polar surface area (TPSA) is 83.8 Å². The van der Waals surface area contributed by atoms with Crippen LogP contribution < -0.4 is 4.74 Å². The van der Waals surface area contributed by atoms with Crippen molar-refractivity contribution in [1.82, 2.24) is 0 Å². The highest BCUT2D eigenvalue weighted by atomic mass is 35.5. The fraction of sp³-hybridized carbons (Fsp3) is 0.364. The van der Waals surface area contributed by atoms with E-state index >= 15 is 0 Å². The largest absolute Gasteiger partial charge is 0.491 e. The van der Waals surface area contributed by atoms with Crippen molar-refractivity contribution in [1.29, 1.82) is 0 Å². The number of carbonyl (C=O) groups is 2. The Morgan fingerprint density at radius 2 is 2.18 bits per heavy atom. The van der Waals surface area contributed by atoms with E-state index in [0.717, 1.165) is 5.57 Å². The van der Waals surface area contributed by atoms with Crippen LogP contribution in [0.3, 0.4) is 0 Å². The Morgan fingerprint density at radius 3 is 2.93 bits per heavy atom. The lowest BCUT2D eigenvalue weighted by Crippen LogP contribution is -2.15. The van der Waals surface area contributed by atoms with Crippen molar-refractivity contribution < 1.29 is 24.5 Å². The molecule has 0 aliphatic heterocycles. The Kier molecular flexibility index (Phi) is 8.98. The Bertz CT molecular complexity index is 766. The van der Waals surface area contributed by atoms with Gasteiger partial charge in [0.1, 0.15) is 24.2 Å². The molecule has 0 fully saturated rings. The maximum Gasteiger partial charge on any atom is 0.303 e. The van der Waals surface area contributed by atoms with E-state index in [1.165, 1.54) is 0 Å². The lowest BCUT2D eigenvalue weighted by Gasteiger charge is -2.11. The van der Waals surface area contributed by atoms with Gasteiger partial charge in [-0.25, -0.2) is 0 Å². The molecule has 1 unspecified atom stereocenters. The first kappa shape index (κ1) is 21.9. The van der Waals surface area contributed by atoms with E-state index < -0.39 is 12.1 Å². The van der Waals surface area contributed by atoms with Gasteiger partial charge in [-0.05, 0) is 43.0 Å². The highest BCUT2D eigenvalue weighted by Gasteiger charge is 2.24. The molecule has 0 radical (unpaired) electrons. The third kappa shape index (κ3) is 7.71. The fourth-order valence-corrected chi connectivity index (χ4v) is 3.06. The number of hydrogen-bond donors (Lipinski definition) is 2. The number of aliphatic hydroxyl groups is 1. The summed E-state index contributed by atoms with van der Waals surface area (Å²) in [5, 5.41) is 19.3. The minimum Gasteiger partial charge on any atom is -0.491 e. The molecule has 0 bridgehead atoms. The van der Waals surface area contributed by atoms with Gasteiger partial charge in [0, 0.05) is 23.8 Å². The number of aliphatic carboxylic acids is 1. The molecule has 0 amide bonds. The number of benzene rings is 1. The van der Waals surface area contributed by atoms with E-state index in [-0.39, 0.29) is 24.7 Å². The fourth-order valence-electron chi connectivity index (χ4n) is 2.88. The zero-order valence-electron chi connectivity index (χ0n) is 15.6. The molecule has 0 heterocycles. The van der Waals surface area contributed by atoms with Gasteiger partial charge in [0.2, 0.25) is 0 Å². The maximum absolute atomic E-state index is 12.1. The minimum absolute atomic E-state index is 0.0895. The molecule has 2 atom stereocenters. The number of hydrogen-bond acceptors (Lipinski definition) is 4. The van der Waals surface area contributed by atoms with Crippen LogP contribution in [0.4, 0.5) is 0 Å². The van der Waals surface area contributed by atoms with Crippen molar-refractivity contribution in [2.45, 2.75) is 38.2 Å². The lowest BCUT2D eigenvalue weighted by molar-refractivity contribution is -0.137. The van der Waals surface area contributed by atoms with E-state index in [4.69, 9.17) is 21.4 Å². The van der Waals surface area contributed by atoms with Crippen molar-refractivity contribution in [3.05, 3.63) is 65.2 Å². The molecular formula is C22H25ClO5. The van der Waals surface area contributed by atoms with Gasteiger partial charge in [-0.2, -0.15) is 0 Å². The molecule has 0 saturated heterocycles. The number of carboxylic acids is 1. The van der Waals surface area contributed by atoms with Crippen LogP contribution in [-0.2, 0) is 9.59 Å². The number of Topliss-reactive ketones (excluding diaryl/α,β-unsaturated/α-hetero) is 1. The number of aliphatic hydroxyl groups excluding tert-OH is 1. The number of unbranched alkanes of at least 4 members (excludes halogenated alkanes) is 1. The summed E-state index contributed by atoms with van der Waals surface area (Å²) in [7, 11) is 0. The van der Waals surface area contributed by atoms with E-state index in [1.54, 1.807) is 36.4 Å². The third-order valence-electron chi connectivity index (χ3n) is 4.36. The summed E-state index contributed by atoms with van der Waals surface area (Å²) >= 11 is 5.89. The third-order valence-corrected chi connectivity index (χ3v) is 4.59. The number of carbonyl (C=O) groups excluding carboxylic acids is 1. The van der Waals surface area contributed by atoms with Crippen LogP contribution in [0.15, 0.2) is 60.2 Å². The first-order chi connectivity index (χ1) is 13.5. The molecule has 1 aromatic rings. The Hall–Kier alpha value is -2.37. The Morgan fingerprint density at radius 1 is 1.36 bits per heavy atom. The second-order valence-electron chi connectivity index (χ2n) is 6.62. The highest BCUT2D eigenvalue weighted by molar-refractivity contribution is 6.30. The van der Waals surface area contributed by atoms with Gasteiger partial charge < -0.3 is 14.9 Å². The summed E-state index contributed by atoms with van der Waals surface area (Å²) in [6, 6.07) is 6.96. The van der Waals surface area contributed by atoms with Crippen LogP contribution in [-0.4, -0.2) is 34.7 Å². The molecule has 6 heteroatoms. The average molecular weight is 405 g/mol. The summed E-state index contributed by atoms with van der Waals surface area (Å²) < 4.78 is 5.51. The molecule has 2 N–H and O–H groups in total. The predicted molar refractivity (Wildman–Crippen MR) is 109 cm³/mol. The van der Waals surface area contributed by atoms with Gasteiger partial charge >= 0.3 is 5.97 Å². The molecule has 1 aliphatic rings. The van der Waals surface area contributed by atoms with Crippen molar-refractivity contribution in [2.75, 3.05) is 6.61 Å². The maximum atomic E-state index is 12.1. The van der Waals surface area contributed by atoms with Crippen LogP contribution in [0, 0.1) is 5.92 Å². The van der Waals surface area contributed by atoms with Gasteiger partial charge in [-0.15, -0.1) is 0 Å². The number of halogens is 1. The van der Waals surface area contributed by atoms with Gasteiger partial charge in [0.05, 0.1) is 0 Å². The molecule has 1 aliphatic carbocycles. The molecule has 0 aromatic heterocycles. The van der Waals surface area contributed by atoms with Gasteiger partial charge in [-0.1, -0.05) is 48.0 Å². The number of ether oxygens (including phenoxy) is 1. The summed E-state index contributed by atoms with van der Waals surface area (Å²) in [4.78, 5) is 22.6. The standard InChI is InChI=1S/C22H25ClO5/c23-17-6-5-7-19(14-17)28-15-18(24)12-10-16-11-13-21(25)20(16)8-3-1-2-4-9-22(26)27/h1,3,5-7,10-12,14,18,20,24H,2,4,8-9,13,15H2,(H,26,27)/t18?,20-/m1/s1.